The van der Waals surface area contributed by atoms with Crippen LogP contribution in [0.5, 0.6) is 0 Å². The molecule has 10 heteroatoms. The van der Waals surface area contributed by atoms with Gasteiger partial charge in [0.15, 0.2) is 0 Å². The van der Waals surface area contributed by atoms with Crippen molar-refractivity contribution in [3.05, 3.63) is 64.3 Å². The predicted molar refractivity (Wildman–Crippen MR) is 129 cm³/mol. The molecule has 1 aromatic carbocycles. The van der Waals surface area contributed by atoms with Gasteiger partial charge in [-0.15, -0.1) is 0 Å². The number of aromatic nitrogens is 4. The van der Waals surface area contributed by atoms with Crippen LogP contribution in [0.15, 0.2) is 36.9 Å². The number of ether oxygens (including phenoxy) is 1. The molecular formula is C24H29ClN6O3. The Kier molecular flexibility index (Phi) is 7.16. The minimum Gasteiger partial charge on any atom is -0.392 e. The molecule has 180 valence electrons. The van der Waals surface area contributed by atoms with Crippen LogP contribution < -0.4 is 10.6 Å². The van der Waals surface area contributed by atoms with Crippen molar-refractivity contribution in [2.45, 2.75) is 51.8 Å². The molecule has 1 saturated heterocycles. The third-order valence-electron chi connectivity index (χ3n) is 5.94. The Morgan fingerprint density at radius 1 is 1.29 bits per heavy atom. The number of hydrogen-bond acceptors (Lipinski definition) is 7. The lowest BCUT2D eigenvalue weighted by atomic mass is 9.90. The molecule has 0 bridgehead atoms. The summed E-state index contributed by atoms with van der Waals surface area (Å²) in [6.07, 6.45) is 6.77. The van der Waals surface area contributed by atoms with E-state index in [2.05, 4.69) is 25.6 Å². The highest BCUT2D eigenvalue weighted by Gasteiger charge is 2.28. The van der Waals surface area contributed by atoms with Crippen molar-refractivity contribution in [1.82, 2.24) is 24.8 Å². The number of nitrogens with zero attached hydrogens (tertiary/aromatic N) is 4. The largest absolute Gasteiger partial charge is 0.392 e. The van der Waals surface area contributed by atoms with Crippen molar-refractivity contribution in [3.8, 4) is 5.82 Å². The van der Waals surface area contributed by atoms with Crippen molar-refractivity contribution in [3.63, 3.8) is 0 Å². The molecule has 4 rings (SSSR count). The molecule has 0 spiro atoms. The maximum Gasteiger partial charge on any atom is 0.272 e. The van der Waals surface area contributed by atoms with E-state index in [0.717, 1.165) is 37.2 Å². The molecule has 1 aliphatic heterocycles. The number of nitrogens with one attached hydrogen (secondary N) is 2. The minimum absolute atomic E-state index is 0.222. The fraction of sp³-hybridized carbons (Fsp3) is 0.417. The molecule has 2 aromatic heterocycles. The number of benzene rings is 1. The topological polar surface area (TPSA) is 114 Å². The van der Waals surface area contributed by atoms with E-state index in [0.29, 0.717) is 22.4 Å². The Balaban J connectivity index is 1.52. The van der Waals surface area contributed by atoms with E-state index < -0.39 is 5.54 Å². The van der Waals surface area contributed by atoms with Gasteiger partial charge < -0.3 is 20.5 Å². The second-order valence-corrected chi connectivity index (χ2v) is 9.31. The fourth-order valence-corrected chi connectivity index (χ4v) is 4.30. The zero-order valence-electron chi connectivity index (χ0n) is 19.5. The second-order valence-electron chi connectivity index (χ2n) is 8.90. The monoisotopic (exact) mass is 484 g/mol. The number of amides is 1. The first-order valence-electron chi connectivity index (χ1n) is 11.2. The van der Waals surface area contributed by atoms with Crippen molar-refractivity contribution in [1.29, 1.82) is 0 Å². The molecule has 0 aliphatic carbocycles. The van der Waals surface area contributed by atoms with Gasteiger partial charge in [-0.05, 0) is 45.2 Å². The van der Waals surface area contributed by atoms with E-state index in [1.807, 2.05) is 26.8 Å². The number of halogens is 1. The maximum atomic E-state index is 13.0. The van der Waals surface area contributed by atoms with Gasteiger partial charge in [-0.2, -0.15) is 4.98 Å². The summed E-state index contributed by atoms with van der Waals surface area (Å²) >= 11 is 6.24. The molecule has 0 radical (unpaired) electrons. The van der Waals surface area contributed by atoms with Crippen LogP contribution in [0, 0.1) is 6.92 Å². The van der Waals surface area contributed by atoms with Crippen LogP contribution in [-0.4, -0.2) is 49.8 Å². The number of hydrogen-bond donors (Lipinski definition) is 3. The summed E-state index contributed by atoms with van der Waals surface area (Å²) in [6.45, 7) is 6.85. The maximum absolute atomic E-state index is 13.0. The number of anilines is 1. The average Bonchev–Trinajstić information content (AvgIpc) is 3.31. The number of imidazole rings is 1. The van der Waals surface area contributed by atoms with Gasteiger partial charge in [0.25, 0.3) is 5.91 Å². The first kappa shape index (κ1) is 24.1. The summed E-state index contributed by atoms with van der Waals surface area (Å²) in [5.41, 5.74) is 1.65. The summed E-state index contributed by atoms with van der Waals surface area (Å²) in [5, 5.41) is 16.6. The van der Waals surface area contributed by atoms with Crippen molar-refractivity contribution < 1.29 is 14.6 Å². The van der Waals surface area contributed by atoms with E-state index in [9.17, 15) is 9.90 Å². The molecule has 1 fully saturated rings. The first-order valence-corrected chi connectivity index (χ1v) is 11.6. The third-order valence-corrected chi connectivity index (χ3v) is 6.29. The number of carbonyl (C=O) groups excluding carboxylic acids is 1. The Labute approximate surface area is 203 Å². The highest BCUT2D eigenvalue weighted by atomic mass is 35.5. The summed E-state index contributed by atoms with van der Waals surface area (Å²) < 4.78 is 7.12. The van der Waals surface area contributed by atoms with Gasteiger partial charge >= 0.3 is 0 Å². The predicted octanol–water partition coefficient (Wildman–Crippen LogP) is 3.37. The molecule has 3 heterocycles. The molecule has 1 aliphatic rings. The molecule has 34 heavy (non-hydrogen) atoms. The van der Waals surface area contributed by atoms with E-state index in [-0.39, 0.29) is 24.2 Å². The molecule has 9 nitrogen and oxygen atoms in total. The second kappa shape index (κ2) is 10.1. The van der Waals surface area contributed by atoms with E-state index in [4.69, 9.17) is 16.3 Å². The Hall–Kier alpha value is -3.01. The van der Waals surface area contributed by atoms with Gasteiger partial charge in [0.05, 0.1) is 12.1 Å². The Bertz CT molecular complexity index is 1170. The van der Waals surface area contributed by atoms with Gasteiger partial charge in [0.2, 0.25) is 5.95 Å². The van der Waals surface area contributed by atoms with Gasteiger partial charge in [-0.3, -0.25) is 9.36 Å². The minimum atomic E-state index is -0.782. The van der Waals surface area contributed by atoms with Crippen LogP contribution >= 0.6 is 11.6 Å². The van der Waals surface area contributed by atoms with Crippen LogP contribution in [0.2, 0.25) is 5.02 Å². The molecule has 1 amide bonds. The van der Waals surface area contributed by atoms with Gasteiger partial charge in [0, 0.05) is 47.8 Å². The lowest BCUT2D eigenvalue weighted by molar-refractivity contribution is 0.0901. The highest BCUT2D eigenvalue weighted by molar-refractivity contribution is 6.31. The van der Waals surface area contributed by atoms with Crippen LogP contribution in [0.4, 0.5) is 5.95 Å². The zero-order chi connectivity index (χ0) is 24.3. The smallest absolute Gasteiger partial charge is 0.272 e. The van der Waals surface area contributed by atoms with Gasteiger partial charge in [0.1, 0.15) is 17.8 Å². The lowest BCUT2D eigenvalue weighted by Crippen LogP contribution is -2.41. The average molecular weight is 485 g/mol. The zero-order valence-corrected chi connectivity index (χ0v) is 20.3. The number of carbonyl (C=O) groups is 1. The van der Waals surface area contributed by atoms with Crippen LogP contribution in [0.3, 0.4) is 0 Å². The summed E-state index contributed by atoms with van der Waals surface area (Å²) in [4.78, 5) is 26.4. The van der Waals surface area contributed by atoms with Gasteiger partial charge in [-0.25, -0.2) is 9.97 Å². The number of aryl methyl sites for hydroxylation is 1. The lowest BCUT2D eigenvalue weighted by Gasteiger charge is -2.29. The van der Waals surface area contributed by atoms with Crippen molar-refractivity contribution in [2.24, 2.45) is 0 Å². The third kappa shape index (κ3) is 5.22. The molecule has 3 aromatic rings. The summed E-state index contributed by atoms with van der Waals surface area (Å²) in [6, 6.07) is 5.62. The van der Waals surface area contributed by atoms with E-state index in [1.54, 1.807) is 35.4 Å². The normalized spacial score (nSPS) is 14.7. The Morgan fingerprint density at radius 3 is 2.79 bits per heavy atom. The quantitative estimate of drug-likeness (QED) is 0.471. The summed E-state index contributed by atoms with van der Waals surface area (Å²) in [7, 11) is 0. The molecular weight excluding hydrogens is 456 g/mol. The van der Waals surface area contributed by atoms with Gasteiger partial charge in [-0.1, -0.05) is 23.7 Å². The Morgan fingerprint density at radius 2 is 2.06 bits per heavy atom. The van der Waals surface area contributed by atoms with E-state index >= 15 is 0 Å². The van der Waals surface area contributed by atoms with Crippen LogP contribution in [-0.2, 0) is 16.9 Å². The first-order chi connectivity index (χ1) is 16.3. The fourth-order valence-electron chi connectivity index (χ4n) is 4.06. The standard InChI is InChI=1S/C24H29ClN6O3/c1-15-11-26-23(28-16-7-9-34-10-8-16)29-21(15)31-12-20(27-14-31)22(33)30-24(2,3)18-5-4-6-19(25)17(18)13-32/h4-6,11-12,14,16,32H,7-10,13H2,1-3H3,(H,30,33)(H,26,28,29). The van der Waals surface area contributed by atoms with Crippen LogP contribution in [0.25, 0.3) is 5.82 Å². The molecule has 0 atom stereocenters. The van der Waals surface area contributed by atoms with Crippen molar-refractivity contribution >= 4 is 23.5 Å². The number of aliphatic hydroxyl groups is 1. The summed E-state index contributed by atoms with van der Waals surface area (Å²) in [5.74, 6) is 0.832. The molecule has 0 unspecified atom stereocenters. The van der Waals surface area contributed by atoms with E-state index in [1.165, 1.54) is 0 Å². The van der Waals surface area contributed by atoms with Crippen molar-refractivity contribution in [2.75, 3.05) is 18.5 Å². The molecule has 0 saturated carbocycles. The highest BCUT2D eigenvalue weighted by Crippen LogP contribution is 2.29. The number of rotatable bonds is 7. The van der Waals surface area contributed by atoms with Crippen LogP contribution in [0.1, 0.15) is 53.9 Å². The SMILES string of the molecule is Cc1cnc(NC2CCOCC2)nc1-n1cnc(C(=O)NC(C)(C)c2cccc(Cl)c2CO)c1. The molecule has 3 N–H and O–H groups in total. The number of aliphatic hydroxyl groups excluding tert-OH is 1.